The highest BCUT2D eigenvalue weighted by atomic mass is 127. The van der Waals surface area contributed by atoms with Gasteiger partial charge in [-0.15, -0.1) is 24.0 Å². The number of hydrogen-bond donors (Lipinski definition) is 0. The molecule has 4 nitrogen and oxygen atoms in total. The number of ether oxygens (including phenoxy) is 2. The summed E-state index contributed by atoms with van der Waals surface area (Å²) in [4.78, 5) is 6.97. The van der Waals surface area contributed by atoms with E-state index in [0.717, 1.165) is 33.5 Å². The summed E-state index contributed by atoms with van der Waals surface area (Å²) in [6.45, 7) is 1.35. The minimum atomic E-state index is -0.270. The van der Waals surface area contributed by atoms with E-state index >= 15 is 0 Å². The molecule has 0 fully saturated rings. The maximum absolute atomic E-state index is 13.3. The Morgan fingerprint density at radius 1 is 0.806 bits per heavy atom. The molecule has 7 heteroatoms. The lowest BCUT2D eigenvalue weighted by molar-refractivity contribution is 0.405. The predicted molar refractivity (Wildman–Crippen MR) is 138 cm³/mol. The number of aliphatic imine (C=N–C) groups is 1. The summed E-state index contributed by atoms with van der Waals surface area (Å²) in [6.07, 6.45) is 2.00. The van der Waals surface area contributed by atoms with Crippen molar-refractivity contribution in [3.63, 3.8) is 0 Å². The van der Waals surface area contributed by atoms with Crippen LogP contribution in [0.3, 0.4) is 0 Å². The first kappa shape index (κ1) is 25.0. The normalized spacial score (nSPS) is 10.9. The van der Waals surface area contributed by atoms with Gasteiger partial charge < -0.3 is 14.4 Å². The highest BCUT2D eigenvalue weighted by molar-refractivity contribution is 14.0. The summed E-state index contributed by atoms with van der Waals surface area (Å²) in [6, 6.07) is 22.2. The fourth-order valence-electron chi connectivity index (χ4n) is 2.97. The molecule has 0 aliphatic carbocycles. The van der Waals surface area contributed by atoms with E-state index in [9.17, 15) is 4.39 Å². The number of hydrogen-bond acceptors (Lipinski definition) is 4. The van der Waals surface area contributed by atoms with Crippen LogP contribution in [0.4, 0.5) is 10.1 Å². The van der Waals surface area contributed by atoms with Crippen molar-refractivity contribution in [3.8, 4) is 11.5 Å². The Labute approximate surface area is 204 Å². The van der Waals surface area contributed by atoms with Crippen LogP contribution in [0.15, 0.2) is 77.8 Å². The molecule has 0 heterocycles. The molecule has 3 aromatic rings. The lowest BCUT2D eigenvalue weighted by Crippen LogP contribution is -2.27. The van der Waals surface area contributed by atoms with Crippen molar-refractivity contribution in [3.05, 3.63) is 89.7 Å². The van der Waals surface area contributed by atoms with Gasteiger partial charge in [0.05, 0.1) is 19.9 Å². The van der Waals surface area contributed by atoms with Gasteiger partial charge in [0.15, 0.2) is 5.17 Å². The first-order valence-electron chi connectivity index (χ1n) is 9.50. The van der Waals surface area contributed by atoms with Gasteiger partial charge in [-0.3, -0.25) is 0 Å². The second kappa shape index (κ2) is 12.6. The molecular formula is C24H26FIN2O2S. The molecule has 0 saturated heterocycles. The van der Waals surface area contributed by atoms with Crippen LogP contribution in [0, 0.1) is 5.82 Å². The quantitative estimate of drug-likeness (QED) is 0.190. The Hall–Kier alpha value is -2.26. The maximum Gasteiger partial charge on any atom is 0.164 e. The van der Waals surface area contributed by atoms with Crippen LogP contribution in [0.1, 0.15) is 11.1 Å². The van der Waals surface area contributed by atoms with Gasteiger partial charge in [0.1, 0.15) is 17.3 Å². The molecule has 0 radical (unpaired) electrons. The summed E-state index contributed by atoms with van der Waals surface area (Å²) in [7, 11) is 3.32. The predicted octanol–water partition coefficient (Wildman–Crippen LogP) is 6.51. The molecule has 0 aliphatic heterocycles. The third kappa shape index (κ3) is 7.43. The zero-order valence-corrected chi connectivity index (χ0v) is 20.9. The van der Waals surface area contributed by atoms with Crippen molar-refractivity contribution in [2.45, 2.75) is 13.1 Å². The van der Waals surface area contributed by atoms with Crippen LogP contribution < -0.4 is 9.47 Å². The van der Waals surface area contributed by atoms with Gasteiger partial charge >= 0.3 is 0 Å². The zero-order chi connectivity index (χ0) is 21.3. The number of methoxy groups -OCH3 is 2. The molecule has 3 aromatic carbocycles. The number of halogens is 2. The second-order valence-corrected chi connectivity index (χ2v) is 7.40. The average molecular weight is 552 g/mol. The second-order valence-electron chi connectivity index (χ2n) is 6.63. The van der Waals surface area contributed by atoms with Gasteiger partial charge in [-0.05, 0) is 65.9 Å². The monoisotopic (exact) mass is 552 g/mol. The number of rotatable bonds is 7. The third-order valence-corrected chi connectivity index (χ3v) is 5.28. The standard InChI is InChI=1S/C24H25FN2O2S.HI/c1-28-22-12-4-18(5-13-22)16-27(17-19-6-14-23(29-2)15-7-19)24(30-3)26-21-10-8-20(25)9-11-21;/h4-15H,16-17H2,1-3H3;1H. The Morgan fingerprint density at radius 2 is 1.26 bits per heavy atom. The molecule has 0 atom stereocenters. The van der Waals surface area contributed by atoms with E-state index in [0.29, 0.717) is 13.1 Å². The Bertz CT molecular complexity index is 915. The zero-order valence-electron chi connectivity index (χ0n) is 17.7. The number of benzene rings is 3. The molecule has 0 N–H and O–H groups in total. The molecule has 0 aliphatic rings. The van der Waals surface area contributed by atoms with Gasteiger partial charge in [0, 0.05) is 13.1 Å². The summed E-state index contributed by atoms with van der Waals surface area (Å²) in [5, 5.41) is 0.855. The summed E-state index contributed by atoms with van der Waals surface area (Å²) < 4.78 is 23.8. The van der Waals surface area contributed by atoms with Crippen molar-refractivity contribution in [1.29, 1.82) is 0 Å². The van der Waals surface area contributed by atoms with E-state index in [4.69, 9.17) is 14.5 Å². The highest BCUT2D eigenvalue weighted by Crippen LogP contribution is 2.22. The molecule has 31 heavy (non-hydrogen) atoms. The first-order chi connectivity index (χ1) is 14.6. The summed E-state index contributed by atoms with van der Waals surface area (Å²) in [5.74, 6) is 1.38. The van der Waals surface area contributed by atoms with Gasteiger partial charge in [0.2, 0.25) is 0 Å². The largest absolute Gasteiger partial charge is 0.497 e. The molecule has 3 rings (SSSR count). The first-order valence-corrected chi connectivity index (χ1v) is 10.7. The number of amidine groups is 1. The smallest absolute Gasteiger partial charge is 0.164 e. The van der Waals surface area contributed by atoms with Crippen molar-refractivity contribution in [2.75, 3.05) is 20.5 Å². The Balaban J connectivity index is 0.00000341. The lowest BCUT2D eigenvalue weighted by atomic mass is 10.1. The minimum absolute atomic E-state index is 0. The fourth-order valence-corrected chi connectivity index (χ4v) is 3.55. The summed E-state index contributed by atoms with van der Waals surface area (Å²) >= 11 is 1.56. The molecule has 0 unspecified atom stereocenters. The Morgan fingerprint density at radius 3 is 1.65 bits per heavy atom. The van der Waals surface area contributed by atoms with Crippen molar-refractivity contribution in [2.24, 2.45) is 4.99 Å². The van der Waals surface area contributed by atoms with Crippen LogP contribution in [-0.2, 0) is 13.1 Å². The molecule has 0 spiro atoms. The lowest BCUT2D eigenvalue weighted by Gasteiger charge is -2.25. The van der Waals surface area contributed by atoms with Crippen molar-refractivity contribution >= 4 is 46.6 Å². The molecule has 0 aromatic heterocycles. The molecular weight excluding hydrogens is 526 g/mol. The molecule has 0 saturated carbocycles. The van der Waals surface area contributed by atoms with E-state index in [2.05, 4.69) is 29.2 Å². The van der Waals surface area contributed by atoms with Crippen molar-refractivity contribution in [1.82, 2.24) is 4.90 Å². The van der Waals surface area contributed by atoms with E-state index in [1.165, 1.54) is 12.1 Å². The van der Waals surface area contributed by atoms with Crippen LogP contribution >= 0.6 is 35.7 Å². The molecule has 0 bridgehead atoms. The average Bonchev–Trinajstić information content (AvgIpc) is 2.79. The van der Waals surface area contributed by atoms with E-state index in [1.54, 1.807) is 38.1 Å². The van der Waals surface area contributed by atoms with E-state index < -0.39 is 0 Å². The van der Waals surface area contributed by atoms with Crippen LogP contribution in [-0.4, -0.2) is 30.5 Å². The minimum Gasteiger partial charge on any atom is -0.497 e. The highest BCUT2D eigenvalue weighted by Gasteiger charge is 2.13. The SMILES string of the molecule is COc1ccc(CN(Cc2ccc(OC)cc2)C(=Nc2ccc(F)cc2)SC)cc1.I. The van der Waals surface area contributed by atoms with E-state index in [-0.39, 0.29) is 29.8 Å². The van der Waals surface area contributed by atoms with Gasteiger partial charge in [-0.25, -0.2) is 9.38 Å². The molecule has 164 valence electrons. The van der Waals surface area contributed by atoms with Gasteiger partial charge in [-0.1, -0.05) is 36.0 Å². The maximum atomic E-state index is 13.3. The molecule has 0 amide bonds. The van der Waals surface area contributed by atoms with Gasteiger partial charge in [-0.2, -0.15) is 0 Å². The number of thioether (sulfide) groups is 1. The summed E-state index contributed by atoms with van der Waals surface area (Å²) in [5.41, 5.74) is 3.01. The van der Waals surface area contributed by atoms with Crippen LogP contribution in [0.25, 0.3) is 0 Å². The van der Waals surface area contributed by atoms with E-state index in [1.807, 2.05) is 30.5 Å². The topological polar surface area (TPSA) is 34.1 Å². The Kier molecular flexibility index (Phi) is 10.1. The fraction of sp³-hybridized carbons (Fsp3) is 0.208. The van der Waals surface area contributed by atoms with Crippen molar-refractivity contribution < 1.29 is 13.9 Å². The third-order valence-electron chi connectivity index (χ3n) is 4.57. The van der Waals surface area contributed by atoms with Gasteiger partial charge in [0.25, 0.3) is 0 Å². The number of nitrogens with zero attached hydrogens (tertiary/aromatic N) is 2. The van der Waals surface area contributed by atoms with Crippen LogP contribution in [0.5, 0.6) is 11.5 Å². The van der Waals surface area contributed by atoms with Crippen LogP contribution in [0.2, 0.25) is 0 Å².